The third-order valence-electron chi connectivity index (χ3n) is 3.26. The Morgan fingerprint density at radius 2 is 2.33 bits per heavy atom. The summed E-state index contributed by atoms with van der Waals surface area (Å²) in [6, 6.07) is -0.810. The molecule has 2 N–H and O–H groups in total. The molecule has 14 heteroatoms. The normalized spacial score (nSPS) is 25.4. The number of rotatable bonds is 5. The number of phosphoric acid groups is 1. The van der Waals surface area contributed by atoms with Crippen LogP contribution >= 0.6 is 7.82 Å². The monoisotopic (exact) mass is 369 g/mol. The molecule has 1 aromatic rings. The summed E-state index contributed by atoms with van der Waals surface area (Å²) in [7, 11) is -4.96. The third-order valence-corrected chi connectivity index (χ3v) is 3.74. The molecule has 4 atom stereocenters. The smallest absolute Gasteiger partial charge is 0.756 e. The number of aromatic nitrogens is 2. The summed E-state index contributed by atoms with van der Waals surface area (Å²) >= 11 is 0. The predicted molar refractivity (Wildman–Crippen MR) is 73.3 cm³/mol. The minimum absolute atomic E-state index is 0. The Kier molecular flexibility index (Phi) is 7.42. The van der Waals surface area contributed by atoms with Crippen LogP contribution in [-0.2, 0) is 13.8 Å². The summed E-state index contributed by atoms with van der Waals surface area (Å²) < 4.78 is 21.5. The second-order valence-electron chi connectivity index (χ2n) is 4.88. The topological polar surface area (TPSA) is 182 Å². The third kappa shape index (κ3) is 5.28. The van der Waals surface area contributed by atoms with Crippen LogP contribution in [0.3, 0.4) is 0 Å². The van der Waals surface area contributed by atoms with E-state index in [0.29, 0.717) is 0 Å². The fourth-order valence-electron chi connectivity index (χ4n) is 2.19. The van der Waals surface area contributed by atoms with E-state index in [1.54, 1.807) is 0 Å². The molecule has 0 amide bonds. The molecule has 1 aliphatic heterocycles. The summed E-state index contributed by atoms with van der Waals surface area (Å²) in [6.07, 6.45) is -0.512. The van der Waals surface area contributed by atoms with E-state index in [4.69, 9.17) is 15.2 Å². The van der Waals surface area contributed by atoms with Gasteiger partial charge in [-0.2, -0.15) is 0 Å². The zero-order chi connectivity index (χ0) is 17.2. The minimum atomic E-state index is -4.96. The Hall–Kier alpha value is -0.940. The maximum atomic E-state index is 11.8. The van der Waals surface area contributed by atoms with Crippen LogP contribution in [0, 0.1) is 6.92 Å². The van der Waals surface area contributed by atoms with Crippen LogP contribution < -0.4 is 45.7 Å². The standard InChI is InChI=1S/C10H14N5O7P.Na/c1-5-3-15(10(17)12-9(5)16)8-2-6(13-14-11)7(22-8)4-21-23(18,19)20;/h3,6-8H,2,4H2,1H3,(H,12,16,17)(H2,18,19,20);/q;+1/p-1. The van der Waals surface area contributed by atoms with E-state index in [2.05, 4.69) is 19.5 Å². The van der Waals surface area contributed by atoms with E-state index in [9.17, 15) is 19.0 Å². The first-order valence-electron chi connectivity index (χ1n) is 6.41. The van der Waals surface area contributed by atoms with Gasteiger partial charge in [-0.1, -0.05) is 5.11 Å². The van der Waals surface area contributed by atoms with E-state index >= 15 is 0 Å². The number of aryl methyl sites for hydroxylation is 1. The van der Waals surface area contributed by atoms with Crippen molar-refractivity contribution in [1.29, 1.82) is 0 Å². The molecule has 2 heterocycles. The van der Waals surface area contributed by atoms with Gasteiger partial charge in [0.05, 0.1) is 18.8 Å². The molecular weight excluding hydrogens is 356 g/mol. The molecule has 1 aromatic heterocycles. The molecule has 24 heavy (non-hydrogen) atoms. The average Bonchev–Trinajstić information content (AvgIpc) is 2.83. The Labute approximate surface area is 156 Å². The van der Waals surface area contributed by atoms with Crippen LogP contribution in [0.1, 0.15) is 18.2 Å². The number of H-pyrrole nitrogens is 1. The molecule has 0 radical (unpaired) electrons. The van der Waals surface area contributed by atoms with Crippen molar-refractivity contribution in [2.24, 2.45) is 5.11 Å². The molecule has 1 saturated heterocycles. The van der Waals surface area contributed by atoms with Gasteiger partial charge >= 0.3 is 35.2 Å². The van der Waals surface area contributed by atoms with E-state index in [1.807, 2.05) is 0 Å². The second-order valence-corrected chi connectivity index (χ2v) is 6.08. The summed E-state index contributed by atoms with van der Waals surface area (Å²) in [6.45, 7) is 0.920. The van der Waals surface area contributed by atoms with Crippen LogP contribution in [0.25, 0.3) is 10.4 Å². The quantitative estimate of drug-likeness (QED) is 0.176. The number of nitrogens with one attached hydrogen (secondary N) is 1. The molecule has 0 spiro atoms. The van der Waals surface area contributed by atoms with E-state index in [1.165, 1.54) is 13.1 Å². The fourth-order valence-corrected chi connectivity index (χ4v) is 2.53. The number of nitrogens with zero attached hydrogens (tertiary/aromatic N) is 4. The molecule has 0 aromatic carbocycles. The summed E-state index contributed by atoms with van der Waals surface area (Å²) in [5.74, 6) is 0. The Morgan fingerprint density at radius 1 is 1.67 bits per heavy atom. The van der Waals surface area contributed by atoms with Crippen molar-refractivity contribution < 1.29 is 53.2 Å². The van der Waals surface area contributed by atoms with E-state index in [-0.39, 0.29) is 41.5 Å². The van der Waals surface area contributed by atoms with Crippen LogP contribution in [-0.4, -0.2) is 33.2 Å². The summed E-state index contributed by atoms with van der Waals surface area (Å²) in [5.41, 5.74) is 7.56. The van der Waals surface area contributed by atoms with Crippen molar-refractivity contribution in [3.05, 3.63) is 43.0 Å². The SMILES string of the molecule is Cc1cn(C2CC(N=[N+]=[N-])C(COP(=O)([O-])O)O2)c(=O)[nH]c1=O.[Na+]. The van der Waals surface area contributed by atoms with Gasteiger partial charge in [-0.25, -0.2) is 4.79 Å². The van der Waals surface area contributed by atoms with Gasteiger partial charge in [-0.15, -0.1) is 0 Å². The summed E-state index contributed by atoms with van der Waals surface area (Å²) in [4.78, 5) is 47.2. The second kappa shape index (κ2) is 8.43. The van der Waals surface area contributed by atoms with Crippen LogP contribution in [0.5, 0.6) is 0 Å². The van der Waals surface area contributed by atoms with Gasteiger partial charge < -0.3 is 19.0 Å². The van der Waals surface area contributed by atoms with Crippen molar-refractivity contribution in [3.8, 4) is 0 Å². The molecule has 2 rings (SSSR count). The molecule has 0 aliphatic carbocycles. The van der Waals surface area contributed by atoms with Crippen molar-refractivity contribution in [2.75, 3.05) is 6.61 Å². The molecule has 12 nitrogen and oxygen atoms in total. The molecule has 1 aliphatic rings. The zero-order valence-electron chi connectivity index (χ0n) is 12.9. The van der Waals surface area contributed by atoms with Gasteiger partial charge in [0.15, 0.2) is 0 Å². The van der Waals surface area contributed by atoms with E-state index < -0.39 is 44.1 Å². The van der Waals surface area contributed by atoms with Gasteiger partial charge in [0.25, 0.3) is 13.4 Å². The van der Waals surface area contributed by atoms with Crippen LogP contribution in [0.15, 0.2) is 20.9 Å². The number of hydrogen-bond donors (Lipinski definition) is 2. The number of phosphoric ester groups is 1. The maximum Gasteiger partial charge on any atom is 1.00 e. The molecule has 1 fully saturated rings. The van der Waals surface area contributed by atoms with Crippen molar-refractivity contribution in [1.82, 2.24) is 9.55 Å². The first kappa shape index (κ1) is 21.1. The zero-order valence-corrected chi connectivity index (χ0v) is 15.8. The number of ether oxygens (including phenoxy) is 1. The molecular formula is C10H13N5NaO7P. The van der Waals surface area contributed by atoms with Crippen molar-refractivity contribution in [3.63, 3.8) is 0 Å². The minimum Gasteiger partial charge on any atom is -0.756 e. The predicted octanol–water partition coefficient (Wildman–Crippen LogP) is -3.71. The van der Waals surface area contributed by atoms with Gasteiger partial charge in [0.2, 0.25) is 0 Å². The van der Waals surface area contributed by atoms with Gasteiger partial charge in [-0.3, -0.25) is 18.9 Å². The maximum absolute atomic E-state index is 11.8. The summed E-state index contributed by atoms with van der Waals surface area (Å²) in [5, 5.41) is 3.47. The molecule has 0 bridgehead atoms. The Morgan fingerprint density at radius 3 is 2.92 bits per heavy atom. The molecule has 4 unspecified atom stereocenters. The van der Waals surface area contributed by atoms with Crippen molar-refractivity contribution >= 4 is 7.82 Å². The number of aromatic amines is 1. The van der Waals surface area contributed by atoms with Gasteiger partial charge in [0.1, 0.15) is 6.23 Å². The number of azide groups is 1. The van der Waals surface area contributed by atoms with Crippen LogP contribution in [0.4, 0.5) is 0 Å². The van der Waals surface area contributed by atoms with Gasteiger partial charge in [-0.05, 0) is 12.5 Å². The Balaban J connectivity index is 0.00000288. The molecule has 126 valence electrons. The van der Waals surface area contributed by atoms with Gasteiger partial charge in [0, 0.05) is 23.1 Å². The fraction of sp³-hybridized carbons (Fsp3) is 0.600. The van der Waals surface area contributed by atoms with Crippen molar-refractivity contribution in [2.45, 2.75) is 31.7 Å². The first-order chi connectivity index (χ1) is 10.7. The largest absolute Gasteiger partial charge is 1.00 e. The number of hydrogen-bond acceptors (Lipinski definition) is 7. The average molecular weight is 369 g/mol. The molecule has 0 saturated carbocycles. The first-order valence-corrected chi connectivity index (χ1v) is 7.91. The Bertz CT molecular complexity index is 798. The van der Waals surface area contributed by atoms with Crippen LogP contribution in [0.2, 0.25) is 0 Å². The van der Waals surface area contributed by atoms with E-state index in [0.717, 1.165) is 4.57 Å².